The van der Waals surface area contributed by atoms with Crippen molar-refractivity contribution < 1.29 is 0 Å². The van der Waals surface area contributed by atoms with Crippen molar-refractivity contribution in [1.29, 1.82) is 0 Å². The van der Waals surface area contributed by atoms with Crippen LogP contribution >= 0.6 is 0 Å². The standard InChI is InChI=1S/C17H28N2/c1-14(2)11-15-3-5-16(6-4-15)12-19-13-17-7-9-18-10-8-17/h3-6,14,17-19H,7-13H2,1-2H3. The second kappa shape index (κ2) is 7.66. The first-order valence-corrected chi connectivity index (χ1v) is 7.73. The van der Waals surface area contributed by atoms with Crippen LogP contribution in [0.25, 0.3) is 0 Å². The molecule has 19 heavy (non-hydrogen) atoms. The van der Waals surface area contributed by atoms with Crippen LogP contribution < -0.4 is 10.6 Å². The van der Waals surface area contributed by atoms with E-state index >= 15 is 0 Å². The Hall–Kier alpha value is -0.860. The molecule has 2 nitrogen and oxygen atoms in total. The average Bonchev–Trinajstić information content (AvgIpc) is 2.41. The highest BCUT2D eigenvalue weighted by atomic mass is 14.9. The monoisotopic (exact) mass is 260 g/mol. The van der Waals surface area contributed by atoms with Gasteiger partial charge in [-0.05, 0) is 61.9 Å². The molecule has 1 fully saturated rings. The summed E-state index contributed by atoms with van der Waals surface area (Å²) in [6, 6.07) is 9.10. The Kier molecular flexibility index (Phi) is 5.87. The molecule has 0 saturated carbocycles. The molecule has 0 radical (unpaired) electrons. The zero-order chi connectivity index (χ0) is 13.5. The van der Waals surface area contributed by atoms with Gasteiger partial charge in [-0.15, -0.1) is 0 Å². The SMILES string of the molecule is CC(C)Cc1ccc(CNCC2CCNCC2)cc1. The van der Waals surface area contributed by atoms with Crippen molar-refractivity contribution >= 4 is 0 Å². The van der Waals surface area contributed by atoms with Crippen LogP contribution in [0.15, 0.2) is 24.3 Å². The van der Waals surface area contributed by atoms with Gasteiger partial charge in [-0.1, -0.05) is 38.1 Å². The van der Waals surface area contributed by atoms with E-state index in [-0.39, 0.29) is 0 Å². The van der Waals surface area contributed by atoms with Crippen LogP contribution in [-0.4, -0.2) is 19.6 Å². The summed E-state index contributed by atoms with van der Waals surface area (Å²) < 4.78 is 0. The third-order valence-corrected chi connectivity index (χ3v) is 3.89. The fourth-order valence-corrected chi connectivity index (χ4v) is 2.77. The van der Waals surface area contributed by atoms with Crippen LogP contribution in [-0.2, 0) is 13.0 Å². The van der Waals surface area contributed by atoms with E-state index in [0.717, 1.165) is 24.9 Å². The minimum absolute atomic E-state index is 0.740. The van der Waals surface area contributed by atoms with Crippen LogP contribution in [0.4, 0.5) is 0 Å². The van der Waals surface area contributed by atoms with Crippen LogP contribution in [0.3, 0.4) is 0 Å². The number of nitrogens with one attached hydrogen (secondary N) is 2. The molecule has 2 rings (SSSR count). The molecule has 1 heterocycles. The summed E-state index contributed by atoms with van der Waals surface area (Å²) in [5, 5.41) is 7.02. The third-order valence-electron chi connectivity index (χ3n) is 3.89. The van der Waals surface area contributed by atoms with E-state index in [0.29, 0.717) is 0 Å². The lowest BCUT2D eigenvalue weighted by Crippen LogP contribution is -2.33. The second-order valence-electron chi connectivity index (χ2n) is 6.24. The van der Waals surface area contributed by atoms with E-state index in [2.05, 4.69) is 48.7 Å². The Morgan fingerprint density at radius 1 is 1.11 bits per heavy atom. The van der Waals surface area contributed by atoms with Crippen LogP contribution in [0.5, 0.6) is 0 Å². The lowest BCUT2D eigenvalue weighted by atomic mass is 9.98. The molecule has 2 heteroatoms. The van der Waals surface area contributed by atoms with Gasteiger partial charge >= 0.3 is 0 Å². The molecule has 1 aliphatic rings. The maximum atomic E-state index is 3.60. The summed E-state index contributed by atoms with van der Waals surface area (Å²) in [4.78, 5) is 0. The average molecular weight is 260 g/mol. The lowest BCUT2D eigenvalue weighted by molar-refractivity contribution is 0.356. The fourth-order valence-electron chi connectivity index (χ4n) is 2.77. The predicted octanol–water partition coefficient (Wildman–Crippen LogP) is 2.97. The maximum Gasteiger partial charge on any atom is 0.0205 e. The first-order chi connectivity index (χ1) is 9.24. The molecule has 0 atom stereocenters. The van der Waals surface area contributed by atoms with Gasteiger partial charge in [0, 0.05) is 6.54 Å². The zero-order valence-electron chi connectivity index (χ0n) is 12.4. The van der Waals surface area contributed by atoms with Crippen molar-refractivity contribution in [2.24, 2.45) is 11.8 Å². The molecule has 0 aromatic heterocycles. The second-order valence-corrected chi connectivity index (χ2v) is 6.24. The Balaban J connectivity index is 1.70. The first kappa shape index (κ1) is 14.5. The Morgan fingerprint density at radius 2 is 1.74 bits per heavy atom. The van der Waals surface area contributed by atoms with Gasteiger partial charge in [0.05, 0.1) is 0 Å². The van der Waals surface area contributed by atoms with Gasteiger partial charge in [0.1, 0.15) is 0 Å². The summed E-state index contributed by atoms with van der Waals surface area (Å²) in [6.45, 7) is 9.09. The Morgan fingerprint density at radius 3 is 2.37 bits per heavy atom. The summed E-state index contributed by atoms with van der Waals surface area (Å²) in [5.74, 6) is 1.60. The molecular formula is C17H28N2. The Labute approximate surface area is 118 Å². The topological polar surface area (TPSA) is 24.1 Å². The number of rotatable bonds is 6. The summed E-state index contributed by atoms with van der Waals surface area (Å²) >= 11 is 0. The third kappa shape index (κ3) is 5.33. The molecule has 0 aliphatic carbocycles. The van der Waals surface area contributed by atoms with E-state index in [4.69, 9.17) is 0 Å². The van der Waals surface area contributed by atoms with Gasteiger partial charge in [0.2, 0.25) is 0 Å². The minimum atomic E-state index is 0.740. The van der Waals surface area contributed by atoms with Gasteiger partial charge in [0.25, 0.3) is 0 Å². The largest absolute Gasteiger partial charge is 0.317 e. The molecule has 2 N–H and O–H groups in total. The van der Waals surface area contributed by atoms with E-state index in [9.17, 15) is 0 Å². The van der Waals surface area contributed by atoms with E-state index in [1.807, 2.05) is 0 Å². The highest BCUT2D eigenvalue weighted by Crippen LogP contribution is 2.12. The Bertz CT molecular complexity index is 350. The van der Waals surface area contributed by atoms with Crippen LogP contribution in [0.1, 0.15) is 37.8 Å². The van der Waals surface area contributed by atoms with Gasteiger partial charge in [-0.2, -0.15) is 0 Å². The van der Waals surface area contributed by atoms with Gasteiger partial charge < -0.3 is 10.6 Å². The van der Waals surface area contributed by atoms with Crippen molar-refractivity contribution in [2.75, 3.05) is 19.6 Å². The highest BCUT2D eigenvalue weighted by Gasteiger charge is 2.11. The van der Waals surface area contributed by atoms with Crippen molar-refractivity contribution in [1.82, 2.24) is 10.6 Å². The smallest absolute Gasteiger partial charge is 0.0205 e. The summed E-state index contributed by atoms with van der Waals surface area (Å²) in [5.41, 5.74) is 2.86. The van der Waals surface area contributed by atoms with E-state index in [1.165, 1.54) is 43.5 Å². The fraction of sp³-hybridized carbons (Fsp3) is 0.647. The number of hydrogen-bond acceptors (Lipinski definition) is 2. The molecule has 1 aromatic rings. The molecular weight excluding hydrogens is 232 g/mol. The molecule has 0 unspecified atom stereocenters. The quantitative estimate of drug-likeness (QED) is 0.821. The van der Waals surface area contributed by atoms with Gasteiger partial charge in [-0.25, -0.2) is 0 Å². The molecule has 1 aromatic carbocycles. The molecule has 0 bridgehead atoms. The minimum Gasteiger partial charge on any atom is -0.317 e. The van der Waals surface area contributed by atoms with Crippen LogP contribution in [0.2, 0.25) is 0 Å². The van der Waals surface area contributed by atoms with Crippen molar-refractivity contribution in [3.8, 4) is 0 Å². The summed E-state index contributed by atoms with van der Waals surface area (Å²) in [6.07, 6.45) is 3.82. The van der Waals surface area contributed by atoms with E-state index < -0.39 is 0 Å². The molecule has 1 saturated heterocycles. The van der Waals surface area contributed by atoms with Crippen molar-refractivity contribution in [2.45, 2.75) is 39.7 Å². The molecule has 1 aliphatic heterocycles. The van der Waals surface area contributed by atoms with Crippen molar-refractivity contribution in [3.05, 3.63) is 35.4 Å². The van der Waals surface area contributed by atoms with Gasteiger partial charge in [0.15, 0.2) is 0 Å². The number of piperidine rings is 1. The predicted molar refractivity (Wildman–Crippen MR) is 82.3 cm³/mol. The molecule has 106 valence electrons. The number of hydrogen-bond donors (Lipinski definition) is 2. The van der Waals surface area contributed by atoms with Gasteiger partial charge in [-0.3, -0.25) is 0 Å². The van der Waals surface area contributed by atoms with Crippen molar-refractivity contribution in [3.63, 3.8) is 0 Å². The molecule has 0 amide bonds. The normalized spacial score (nSPS) is 17.0. The zero-order valence-corrected chi connectivity index (χ0v) is 12.4. The maximum absolute atomic E-state index is 3.60. The molecule has 0 spiro atoms. The van der Waals surface area contributed by atoms with E-state index in [1.54, 1.807) is 0 Å². The lowest BCUT2D eigenvalue weighted by Gasteiger charge is -2.22. The first-order valence-electron chi connectivity index (χ1n) is 7.73. The number of benzene rings is 1. The van der Waals surface area contributed by atoms with Crippen LogP contribution in [0, 0.1) is 11.8 Å². The highest BCUT2D eigenvalue weighted by molar-refractivity contribution is 5.22. The summed E-state index contributed by atoms with van der Waals surface area (Å²) in [7, 11) is 0.